The predicted molar refractivity (Wildman–Crippen MR) is 68.0 cm³/mol. The third kappa shape index (κ3) is 3.26. The third-order valence-electron chi connectivity index (χ3n) is 2.34. The van der Waals surface area contributed by atoms with Crippen molar-refractivity contribution in [1.82, 2.24) is 9.97 Å². The zero-order chi connectivity index (χ0) is 15.6. The summed E-state index contributed by atoms with van der Waals surface area (Å²) < 4.78 is 26.2. The highest BCUT2D eigenvalue weighted by atomic mass is 35.5. The van der Waals surface area contributed by atoms with Crippen LogP contribution in [-0.4, -0.2) is 20.8 Å². The number of anilines is 1. The highest BCUT2D eigenvalue weighted by molar-refractivity contribution is 6.29. The Balaban J connectivity index is 2.36. The van der Waals surface area contributed by atoms with Gasteiger partial charge >= 0.3 is 0 Å². The number of aromatic nitrogens is 2. The van der Waals surface area contributed by atoms with Gasteiger partial charge in [0.2, 0.25) is 0 Å². The smallest absolute Gasteiger partial charge is 0.285 e. The van der Waals surface area contributed by atoms with Crippen molar-refractivity contribution in [2.45, 2.75) is 0 Å². The lowest BCUT2D eigenvalue weighted by Crippen LogP contribution is -2.15. The van der Waals surface area contributed by atoms with Gasteiger partial charge in [-0.15, -0.1) is 0 Å². The molecule has 0 atom stereocenters. The van der Waals surface area contributed by atoms with Crippen LogP contribution >= 0.6 is 11.6 Å². The van der Waals surface area contributed by atoms with Gasteiger partial charge in [-0.2, -0.15) is 0 Å². The van der Waals surface area contributed by atoms with Crippen molar-refractivity contribution in [1.29, 1.82) is 0 Å². The number of benzene rings is 1. The maximum atomic E-state index is 13.2. The number of carbonyl (C=O) groups is 1. The number of halogens is 3. The summed E-state index contributed by atoms with van der Waals surface area (Å²) >= 11 is 5.50. The van der Waals surface area contributed by atoms with Crippen LogP contribution in [0.4, 0.5) is 20.3 Å². The molecule has 2 rings (SSSR count). The molecule has 2 aromatic rings. The average molecular weight is 315 g/mol. The van der Waals surface area contributed by atoms with Gasteiger partial charge in [-0.05, 0) is 6.07 Å². The first-order valence-electron chi connectivity index (χ1n) is 5.31. The van der Waals surface area contributed by atoms with Crippen molar-refractivity contribution in [2.75, 3.05) is 5.32 Å². The fourth-order valence-corrected chi connectivity index (χ4v) is 1.53. The Hall–Kier alpha value is -2.68. The summed E-state index contributed by atoms with van der Waals surface area (Å²) in [5.74, 6) is -3.89. The van der Waals surface area contributed by atoms with Crippen LogP contribution in [0, 0.1) is 21.7 Å². The summed E-state index contributed by atoms with van der Waals surface area (Å²) in [6.07, 6.45) is 2.24. The molecule has 21 heavy (non-hydrogen) atoms. The zero-order valence-electron chi connectivity index (χ0n) is 10.0. The molecule has 1 heterocycles. The largest absolute Gasteiger partial charge is 0.305 e. The minimum Gasteiger partial charge on any atom is -0.305 e. The monoisotopic (exact) mass is 314 g/mol. The van der Waals surface area contributed by atoms with Crippen molar-refractivity contribution in [2.24, 2.45) is 0 Å². The first kappa shape index (κ1) is 14.7. The van der Waals surface area contributed by atoms with Gasteiger partial charge in [-0.25, -0.2) is 18.7 Å². The molecule has 108 valence electrons. The van der Waals surface area contributed by atoms with Gasteiger partial charge in [0.1, 0.15) is 10.7 Å². The second kappa shape index (κ2) is 5.75. The highest BCUT2D eigenvalue weighted by Crippen LogP contribution is 2.23. The maximum absolute atomic E-state index is 13.2. The summed E-state index contributed by atoms with van der Waals surface area (Å²) in [7, 11) is 0. The van der Waals surface area contributed by atoms with Gasteiger partial charge in [0.15, 0.2) is 17.5 Å². The van der Waals surface area contributed by atoms with E-state index < -0.39 is 33.7 Å². The molecule has 0 saturated heterocycles. The Kier molecular flexibility index (Phi) is 4.03. The van der Waals surface area contributed by atoms with E-state index in [9.17, 15) is 23.7 Å². The lowest BCUT2D eigenvalue weighted by atomic mass is 10.1. The van der Waals surface area contributed by atoms with Crippen molar-refractivity contribution < 1.29 is 18.5 Å². The molecule has 1 aromatic carbocycles. The minimum atomic E-state index is -1.43. The quantitative estimate of drug-likeness (QED) is 0.693. The van der Waals surface area contributed by atoms with Crippen LogP contribution in [0.15, 0.2) is 24.5 Å². The van der Waals surface area contributed by atoms with E-state index in [1.165, 1.54) is 0 Å². The summed E-state index contributed by atoms with van der Waals surface area (Å²) in [6.45, 7) is 0. The normalized spacial score (nSPS) is 10.2. The van der Waals surface area contributed by atoms with Crippen LogP contribution in [0.5, 0.6) is 0 Å². The number of hydrogen-bond acceptors (Lipinski definition) is 5. The van der Waals surface area contributed by atoms with Gasteiger partial charge in [0, 0.05) is 0 Å². The molecule has 0 aliphatic rings. The first-order valence-corrected chi connectivity index (χ1v) is 5.68. The molecule has 0 spiro atoms. The van der Waals surface area contributed by atoms with Gasteiger partial charge in [-0.3, -0.25) is 14.9 Å². The predicted octanol–water partition coefficient (Wildman–Crippen LogP) is 2.57. The van der Waals surface area contributed by atoms with E-state index in [0.717, 1.165) is 12.4 Å². The second-order valence-corrected chi connectivity index (χ2v) is 4.11. The summed E-state index contributed by atoms with van der Waals surface area (Å²) in [5.41, 5.74) is -1.51. The minimum absolute atomic E-state index is 0.0524. The molecule has 0 fully saturated rings. The Morgan fingerprint density at radius 2 is 1.90 bits per heavy atom. The van der Waals surface area contributed by atoms with Gasteiger partial charge < -0.3 is 5.32 Å². The number of nitrogens with zero attached hydrogens (tertiary/aromatic N) is 3. The van der Waals surface area contributed by atoms with Gasteiger partial charge in [0.25, 0.3) is 11.6 Å². The number of carbonyl (C=O) groups excluding carboxylic acids is 1. The molecule has 10 heteroatoms. The lowest BCUT2D eigenvalue weighted by Gasteiger charge is -2.05. The van der Waals surface area contributed by atoms with Gasteiger partial charge in [0.05, 0.1) is 23.4 Å². The molecule has 0 aliphatic heterocycles. The van der Waals surface area contributed by atoms with E-state index in [0.29, 0.717) is 12.1 Å². The standard InChI is InChI=1S/C11H5ClF2N4O3/c12-9-3-16-10(4-15-9)17-11(19)5-1-6(13)7(14)2-8(5)18(20)21/h1-4H,(H,16,17,19). The molecule has 0 saturated carbocycles. The fourth-order valence-electron chi connectivity index (χ4n) is 1.43. The molecule has 0 bridgehead atoms. The van der Waals surface area contributed by atoms with E-state index in [4.69, 9.17) is 11.6 Å². The zero-order valence-corrected chi connectivity index (χ0v) is 10.8. The number of hydrogen-bond donors (Lipinski definition) is 1. The number of nitro benzene ring substituents is 1. The molecule has 7 nitrogen and oxygen atoms in total. The SMILES string of the molecule is O=C(Nc1cnc(Cl)cn1)c1cc(F)c(F)cc1[N+](=O)[O-]. The van der Waals surface area contributed by atoms with Crippen LogP contribution in [-0.2, 0) is 0 Å². The molecule has 0 unspecified atom stereocenters. The Labute approximate surface area is 120 Å². The average Bonchev–Trinajstić information content (AvgIpc) is 2.43. The van der Waals surface area contributed by atoms with E-state index in [1.807, 2.05) is 0 Å². The second-order valence-electron chi connectivity index (χ2n) is 3.72. The number of amides is 1. The Morgan fingerprint density at radius 3 is 2.48 bits per heavy atom. The highest BCUT2D eigenvalue weighted by Gasteiger charge is 2.24. The molecule has 0 radical (unpaired) electrons. The van der Waals surface area contributed by atoms with E-state index in [-0.39, 0.29) is 11.0 Å². The van der Waals surface area contributed by atoms with Crippen molar-refractivity contribution in [3.05, 3.63) is 57.0 Å². The number of nitro groups is 1. The third-order valence-corrected chi connectivity index (χ3v) is 2.54. The molecule has 1 N–H and O–H groups in total. The number of rotatable bonds is 3. The van der Waals surface area contributed by atoms with Crippen molar-refractivity contribution in [3.8, 4) is 0 Å². The Bertz CT molecular complexity index is 724. The van der Waals surface area contributed by atoms with Crippen molar-refractivity contribution in [3.63, 3.8) is 0 Å². The number of nitrogens with one attached hydrogen (secondary N) is 1. The fraction of sp³-hybridized carbons (Fsp3) is 0. The Morgan fingerprint density at radius 1 is 1.24 bits per heavy atom. The first-order chi connectivity index (χ1) is 9.88. The van der Waals surface area contributed by atoms with Crippen LogP contribution in [0.1, 0.15) is 10.4 Å². The van der Waals surface area contributed by atoms with Crippen LogP contribution in [0.2, 0.25) is 5.15 Å². The summed E-state index contributed by atoms with van der Waals surface area (Å²) in [6, 6.07) is 0.768. The topological polar surface area (TPSA) is 98.0 Å². The van der Waals surface area contributed by atoms with Crippen LogP contribution < -0.4 is 5.32 Å². The maximum Gasteiger partial charge on any atom is 0.285 e. The molecular weight excluding hydrogens is 310 g/mol. The molecule has 1 amide bonds. The molecule has 0 aliphatic carbocycles. The molecular formula is C11H5ClF2N4O3. The van der Waals surface area contributed by atoms with E-state index in [2.05, 4.69) is 15.3 Å². The van der Waals surface area contributed by atoms with Crippen molar-refractivity contribution >= 4 is 29.0 Å². The van der Waals surface area contributed by atoms with Crippen LogP contribution in [0.25, 0.3) is 0 Å². The lowest BCUT2D eigenvalue weighted by molar-refractivity contribution is -0.385. The summed E-state index contributed by atoms with van der Waals surface area (Å²) in [4.78, 5) is 29.0. The molecule has 1 aromatic heterocycles. The summed E-state index contributed by atoms with van der Waals surface area (Å²) in [5, 5.41) is 13.0. The van der Waals surface area contributed by atoms with Gasteiger partial charge in [-0.1, -0.05) is 11.6 Å². The van der Waals surface area contributed by atoms with E-state index in [1.54, 1.807) is 0 Å². The van der Waals surface area contributed by atoms with E-state index >= 15 is 0 Å². The van der Waals surface area contributed by atoms with Crippen LogP contribution in [0.3, 0.4) is 0 Å².